The van der Waals surface area contributed by atoms with Gasteiger partial charge in [0, 0.05) is 38.1 Å². The lowest BCUT2D eigenvalue weighted by Crippen LogP contribution is -2.43. The molecule has 1 unspecified atom stereocenters. The highest BCUT2D eigenvalue weighted by Crippen LogP contribution is 2.28. The third-order valence-corrected chi connectivity index (χ3v) is 3.84. The van der Waals surface area contributed by atoms with Crippen molar-refractivity contribution < 1.29 is 4.79 Å². The van der Waals surface area contributed by atoms with Crippen molar-refractivity contribution >= 4 is 5.91 Å². The molecule has 1 aromatic heterocycles. The van der Waals surface area contributed by atoms with E-state index in [1.807, 2.05) is 18.1 Å². The molecule has 1 aliphatic heterocycles. The van der Waals surface area contributed by atoms with Crippen LogP contribution < -0.4 is 5.32 Å². The van der Waals surface area contributed by atoms with Gasteiger partial charge in [0.15, 0.2) is 5.82 Å². The zero-order chi connectivity index (χ0) is 12.5. The van der Waals surface area contributed by atoms with E-state index in [2.05, 4.69) is 10.3 Å². The van der Waals surface area contributed by atoms with Crippen molar-refractivity contribution in [1.29, 1.82) is 0 Å². The zero-order valence-corrected chi connectivity index (χ0v) is 10.8. The van der Waals surface area contributed by atoms with Crippen LogP contribution in [0.2, 0.25) is 0 Å². The molecule has 5 nitrogen and oxygen atoms in total. The topological polar surface area (TPSA) is 50.2 Å². The van der Waals surface area contributed by atoms with E-state index in [9.17, 15) is 4.79 Å². The molecule has 2 fully saturated rings. The molecule has 18 heavy (non-hydrogen) atoms. The lowest BCUT2D eigenvalue weighted by atomic mass is 10.2. The Morgan fingerprint density at radius 1 is 1.56 bits per heavy atom. The number of imidazole rings is 1. The van der Waals surface area contributed by atoms with E-state index in [0.29, 0.717) is 17.9 Å². The Morgan fingerprint density at radius 2 is 2.39 bits per heavy atom. The van der Waals surface area contributed by atoms with Crippen molar-refractivity contribution in [2.45, 2.75) is 37.8 Å². The molecule has 1 saturated heterocycles. The maximum atomic E-state index is 12.5. The van der Waals surface area contributed by atoms with E-state index < -0.39 is 0 Å². The van der Waals surface area contributed by atoms with Crippen LogP contribution in [-0.2, 0) is 7.05 Å². The Hall–Kier alpha value is -1.36. The normalized spacial score (nSPS) is 23.3. The molecular formula is C13H20N4O. The van der Waals surface area contributed by atoms with Gasteiger partial charge in [0.05, 0.1) is 0 Å². The lowest BCUT2D eigenvalue weighted by molar-refractivity contribution is 0.0712. The van der Waals surface area contributed by atoms with Gasteiger partial charge in [-0.1, -0.05) is 0 Å². The van der Waals surface area contributed by atoms with Crippen molar-refractivity contribution in [3.8, 4) is 0 Å². The van der Waals surface area contributed by atoms with E-state index in [-0.39, 0.29) is 5.91 Å². The van der Waals surface area contributed by atoms with E-state index in [1.165, 1.54) is 12.8 Å². The van der Waals surface area contributed by atoms with Crippen LogP contribution >= 0.6 is 0 Å². The first kappa shape index (κ1) is 11.7. The van der Waals surface area contributed by atoms with Gasteiger partial charge in [-0.3, -0.25) is 4.79 Å². The summed E-state index contributed by atoms with van der Waals surface area (Å²) in [6, 6.07) is 0.909. The minimum absolute atomic E-state index is 0.0821. The molecule has 0 aromatic carbocycles. The summed E-state index contributed by atoms with van der Waals surface area (Å²) in [5, 5.41) is 3.46. The first-order chi connectivity index (χ1) is 8.75. The van der Waals surface area contributed by atoms with Gasteiger partial charge < -0.3 is 14.8 Å². The van der Waals surface area contributed by atoms with E-state index in [4.69, 9.17) is 0 Å². The fourth-order valence-electron chi connectivity index (χ4n) is 2.63. The van der Waals surface area contributed by atoms with Crippen molar-refractivity contribution in [3.05, 3.63) is 18.2 Å². The third kappa shape index (κ3) is 2.27. The summed E-state index contributed by atoms with van der Waals surface area (Å²) < 4.78 is 1.81. The number of aromatic nitrogens is 2. The molecule has 98 valence electrons. The second-order valence-electron chi connectivity index (χ2n) is 5.34. The first-order valence-corrected chi connectivity index (χ1v) is 6.77. The fourth-order valence-corrected chi connectivity index (χ4v) is 2.63. The number of nitrogens with zero attached hydrogens (tertiary/aromatic N) is 3. The molecule has 0 bridgehead atoms. The Labute approximate surface area is 107 Å². The minimum atomic E-state index is 0.0821. The number of carbonyl (C=O) groups is 1. The van der Waals surface area contributed by atoms with Gasteiger partial charge in [0.2, 0.25) is 0 Å². The number of amides is 1. The molecule has 2 aliphatic rings. The van der Waals surface area contributed by atoms with Crippen LogP contribution in [0.1, 0.15) is 36.3 Å². The Kier molecular flexibility index (Phi) is 3.07. The molecule has 3 rings (SSSR count). The lowest BCUT2D eigenvalue weighted by Gasteiger charge is -2.25. The summed E-state index contributed by atoms with van der Waals surface area (Å²) >= 11 is 0. The molecule has 0 spiro atoms. The molecular weight excluding hydrogens is 228 g/mol. The van der Waals surface area contributed by atoms with Gasteiger partial charge in [-0.05, 0) is 32.2 Å². The zero-order valence-electron chi connectivity index (χ0n) is 10.8. The summed E-state index contributed by atoms with van der Waals surface area (Å²) in [4.78, 5) is 18.7. The number of carbonyl (C=O) groups excluding carboxylic acids is 1. The van der Waals surface area contributed by atoms with E-state index in [1.54, 1.807) is 10.8 Å². The van der Waals surface area contributed by atoms with Crippen LogP contribution in [-0.4, -0.2) is 45.5 Å². The summed E-state index contributed by atoms with van der Waals surface area (Å²) in [6.45, 7) is 1.91. The number of hydrogen-bond acceptors (Lipinski definition) is 3. The molecule has 1 atom stereocenters. The van der Waals surface area contributed by atoms with Crippen LogP contribution in [0.3, 0.4) is 0 Å². The molecule has 2 heterocycles. The largest absolute Gasteiger partial charge is 0.331 e. The fraction of sp³-hybridized carbons (Fsp3) is 0.692. The first-order valence-electron chi connectivity index (χ1n) is 6.77. The van der Waals surface area contributed by atoms with Gasteiger partial charge in [-0.15, -0.1) is 0 Å². The van der Waals surface area contributed by atoms with Crippen LogP contribution in [0.15, 0.2) is 12.4 Å². The SMILES string of the molecule is Cn1ccnc1C(=O)N(CC1CCCN1)C1CC1. The molecule has 1 saturated carbocycles. The predicted molar refractivity (Wildman–Crippen MR) is 68.3 cm³/mol. The maximum absolute atomic E-state index is 12.5. The monoisotopic (exact) mass is 248 g/mol. The second-order valence-corrected chi connectivity index (χ2v) is 5.34. The summed E-state index contributed by atoms with van der Waals surface area (Å²) in [5.41, 5.74) is 0. The van der Waals surface area contributed by atoms with E-state index in [0.717, 1.165) is 25.9 Å². The summed E-state index contributed by atoms with van der Waals surface area (Å²) in [5.74, 6) is 0.638. The average molecular weight is 248 g/mol. The molecule has 1 aliphatic carbocycles. The number of rotatable bonds is 4. The van der Waals surface area contributed by atoms with Crippen molar-refractivity contribution in [1.82, 2.24) is 19.8 Å². The van der Waals surface area contributed by atoms with Crippen LogP contribution in [0.25, 0.3) is 0 Å². The molecule has 1 aromatic rings. The van der Waals surface area contributed by atoms with Crippen molar-refractivity contribution in [3.63, 3.8) is 0 Å². The molecule has 1 N–H and O–H groups in total. The van der Waals surface area contributed by atoms with Gasteiger partial charge in [0.1, 0.15) is 0 Å². The van der Waals surface area contributed by atoms with Crippen molar-refractivity contribution in [2.75, 3.05) is 13.1 Å². The minimum Gasteiger partial charge on any atom is -0.331 e. The standard InChI is InChI=1S/C13H20N4O/c1-16-8-7-15-12(16)13(18)17(11-4-5-11)9-10-3-2-6-14-10/h7-8,10-11,14H,2-6,9H2,1H3. The predicted octanol–water partition coefficient (Wildman–Crippen LogP) is 0.777. The second kappa shape index (κ2) is 4.72. The highest BCUT2D eigenvalue weighted by Gasteiger charge is 2.36. The number of aryl methyl sites for hydroxylation is 1. The third-order valence-electron chi connectivity index (χ3n) is 3.84. The quantitative estimate of drug-likeness (QED) is 0.856. The maximum Gasteiger partial charge on any atom is 0.290 e. The average Bonchev–Trinajstić information content (AvgIpc) is 2.89. The highest BCUT2D eigenvalue weighted by molar-refractivity contribution is 5.91. The van der Waals surface area contributed by atoms with Gasteiger partial charge in [0.25, 0.3) is 5.91 Å². The Bertz CT molecular complexity index is 432. The van der Waals surface area contributed by atoms with Crippen LogP contribution in [0, 0.1) is 0 Å². The summed E-state index contributed by atoms with van der Waals surface area (Å²) in [7, 11) is 1.87. The van der Waals surface area contributed by atoms with Crippen LogP contribution in [0.5, 0.6) is 0 Å². The van der Waals surface area contributed by atoms with Gasteiger partial charge in [-0.2, -0.15) is 0 Å². The van der Waals surface area contributed by atoms with Gasteiger partial charge >= 0.3 is 0 Å². The summed E-state index contributed by atoms with van der Waals surface area (Å²) in [6.07, 6.45) is 8.20. The molecule has 1 amide bonds. The number of hydrogen-bond donors (Lipinski definition) is 1. The van der Waals surface area contributed by atoms with Gasteiger partial charge in [-0.25, -0.2) is 4.98 Å². The Balaban J connectivity index is 1.73. The smallest absolute Gasteiger partial charge is 0.290 e. The molecule has 5 heteroatoms. The molecule has 0 radical (unpaired) electrons. The van der Waals surface area contributed by atoms with E-state index >= 15 is 0 Å². The Morgan fingerprint density at radius 3 is 2.94 bits per heavy atom. The van der Waals surface area contributed by atoms with Crippen LogP contribution in [0.4, 0.5) is 0 Å². The highest BCUT2D eigenvalue weighted by atomic mass is 16.2. The van der Waals surface area contributed by atoms with Crippen molar-refractivity contribution in [2.24, 2.45) is 7.05 Å². The number of nitrogens with one attached hydrogen (secondary N) is 1.